The maximum atomic E-state index is 12.1. The van der Waals surface area contributed by atoms with E-state index in [0.29, 0.717) is 25.5 Å². The van der Waals surface area contributed by atoms with Crippen molar-refractivity contribution in [2.24, 2.45) is 0 Å². The third-order valence-electron chi connectivity index (χ3n) is 2.64. The Morgan fingerprint density at radius 3 is 2.78 bits per heavy atom. The number of aromatic nitrogens is 2. The number of carboxylic acids is 1. The summed E-state index contributed by atoms with van der Waals surface area (Å²) in [6, 6.07) is 0. The van der Waals surface area contributed by atoms with Crippen LogP contribution in [0.3, 0.4) is 0 Å². The van der Waals surface area contributed by atoms with Crippen LogP contribution in [0, 0.1) is 0 Å². The molecule has 1 aromatic rings. The van der Waals surface area contributed by atoms with Gasteiger partial charge < -0.3 is 14.6 Å². The lowest BCUT2D eigenvalue weighted by Gasteiger charge is -2.20. The van der Waals surface area contributed by atoms with Crippen molar-refractivity contribution in [3.05, 3.63) is 22.7 Å². The van der Waals surface area contributed by atoms with Gasteiger partial charge in [-0.3, -0.25) is 9.59 Å². The molecule has 0 bridgehead atoms. The minimum Gasteiger partial charge on any atom is -0.481 e. The van der Waals surface area contributed by atoms with Gasteiger partial charge in [-0.2, -0.15) is 0 Å². The fourth-order valence-electron chi connectivity index (χ4n) is 1.71. The minimum absolute atomic E-state index is 0.00235. The number of aryl methyl sites for hydroxylation is 1. The summed E-state index contributed by atoms with van der Waals surface area (Å²) in [5, 5.41) is 8.68. The van der Waals surface area contributed by atoms with E-state index in [0.717, 1.165) is 6.42 Å². The number of hydrogen-bond donors (Lipinski definition) is 1. The molecule has 0 saturated heterocycles. The van der Waals surface area contributed by atoms with Gasteiger partial charge in [0.05, 0.1) is 6.42 Å². The molecule has 0 amide bonds. The molecule has 0 aliphatic heterocycles. The molecule has 0 saturated carbocycles. The van der Waals surface area contributed by atoms with Gasteiger partial charge in [0.2, 0.25) is 0 Å². The molecule has 0 aliphatic rings. The molecule has 0 atom stereocenters. The number of anilines is 1. The highest BCUT2D eigenvalue weighted by Crippen LogP contribution is 2.04. The molecule has 1 rings (SSSR count). The van der Waals surface area contributed by atoms with Crippen LogP contribution in [0.1, 0.15) is 26.7 Å². The third kappa shape index (κ3) is 3.58. The second-order valence-electron chi connectivity index (χ2n) is 3.97. The maximum absolute atomic E-state index is 12.1. The summed E-state index contributed by atoms with van der Waals surface area (Å²) in [5.74, 6) is -0.548. The van der Waals surface area contributed by atoms with Crippen molar-refractivity contribution in [3.8, 4) is 0 Å². The summed E-state index contributed by atoms with van der Waals surface area (Å²) in [7, 11) is 0. The summed E-state index contributed by atoms with van der Waals surface area (Å²) >= 11 is 0. The van der Waals surface area contributed by atoms with Crippen LogP contribution in [0.4, 0.5) is 5.82 Å². The second-order valence-corrected chi connectivity index (χ2v) is 3.97. The Balaban J connectivity index is 2.95. The lowest BCUT2D eigenvalue weighted by molar-refractivity contribution is -0.136. The molecule has 0 aromatic carbocycles. The maximum Gasteiger partial charge on any atom is 0.305 e. The Morgan fingerprint density at radius 1 is 1.50 bits per heavy atom. The summed E-state index contributed by atoms with van der Waals surface area (Å²) < 4.78 is 1.60. The Bertz CT molecular complexity index is 456. The molecule has 0 spiro atoms. The third-order valence-corrected chi connectivity index (χ3v) is 2.64. The van der Waals surface area contributed by atoms with Crippen LogP contribution in [-0.4, -0.2) is 33.7 Å². The molecule has 0 aliphatic carbocycles. The van der Waals surface area contributed by atoms with Gasteiger partial charge >= 0.3 is 5.97 Å². The van der Waals surface area contributed by atoms with E-state index in [1.54, 1.807) is 21.9 Å². The first-order valence-corrected chi connectivity index (χ1v) is 6.12. The molecule has 1 heterocycles. The van der Waals surface area contributed by atoms with Gasteiger partial charge in [0.1, 0.15) is 0 Å². The van der Waals surface area contributed by atoms with Gasteiger partial charge in [0.15, 0.2) is 5.82 Å². The molecule has 0 fully saturated rings. The zero-order valence-electron chi connectivity index (χ0n) is 10.8. The summed E-state index contributed by atoms with van der Waals surface area (Å²) in [6.07, 6.45) is 4.10. The van der Waals surface area contributed by atoms with Crippen molar-refractivity contribution in [2.75, 3.05) is 18.0 Å². The number of carboxylic acid groups (broad SMARTS) is 1. The molecule has 0 unspecified atom stereocenters. The fraction of sp³-hybridized carbons (Fsp3) is 0.583. The quantitative estimate of drug-likeness (QED) is 0.783. The van der Waals surface area contributed by atoms with Gasteiger partial charge in [-0.1, -0.05) is 6.92 Å². The zero-order chi connectivity index (χ0) is 13.5. The van der Waals surface area contributed by atoms with Crippen LogP contribution in [0.2, 0.25) is 0 Å². The van der Waals surface area contributed by atoms with E-state index in [4.69, 9.17) is 5.11 Å². The average molecular weight is 253 g/mol. The van der Waals surface area contributed by atoms with Crippen LogP contribution < -0.4 is 10.5 Å². The molecular weight excluding hydrogens is 234 g/mol. The molecule has 6 nitrogen and oxygen atoms in total. The monoisotopic (exact) mass is 253 g/mol. The van der Waals surface area contributed by atoms with E-state index >= 15 is 0 Å². The Hall–Kier alpha value is -1.85. The van der Waals surface area contributed by atoms with Crippen molar-refractivity contribution in [3.63, 3.8) is 0 Å². The highest BCUT2D eigenvalue weighted by Gasteiger charge is 2.13. The number of carbonyl (C=O) groups is 1. The van der Waals surface area contributed by atoms with Crippen LogP contribution >= 0.6 is 0 Å². The lowest BCUT2D eigenvalue weighted by Crippen LogP contribution is -2.34. The molecular formula is C12H19N3O3. The molecule has 1 aromatic heterocycles. The highest BCUT2D eigenvalue weighted by molar-refractivity contribution is 5.67. The average Bonchev–Trinajstić information content (AvgIpc) is 2.34. The standard InChI is InChI=1S/C12H19N3O3/c1-3-7-15-9-6-13-11(12(15)18)14(4-2)8-5-10(16)17/h6,9H,3-5,7-8H2,1-2H3,(H,16,17). The van der Waals surface area contributed by atoms with Gasteiger partial charge in [-0.15, -0.1) is 0 Å². The van der Waals surface area contributed by atoms with E-state index < -0.39 is 5.97 Å². The number of aliphatic carboxylic acids is 1. The van der Waals surface area contributed by atoms with Crippen molar-refractivity contribution in [1.82, 2.24) is 9.55 Å². The first-order chi connectivity index (χ1) is 8.60. The largest absolute Gasteiger partial charge is 0.481 e. The number of nitrogens with zero attached hydrogens (tertiary/aromatic N) is 3. The number of rotatable bonds is 7. The van der Waals surface area contributed by atoms with Gasteiger partial charge in [0, 0.05) is 32.0 Å². The Kier molecular flexibility index (Phi) is 5.35. The minimum atomic E-state index is -0.877. The second kappa shape index (κ2) is 6.78. The molecule has 6 heteroatoms. The van der Waals surface area contributed by atoms with Crippen LogP contribution in [0.25, 0.3) is 0 Å². The predicted molar refractivity (Wildman–Crippen MR) is 68.9 cm³/mol. The first-order valence-electron chi connectivity index (χ1n) is 6.12. The highest BCUT2D eigenvalue weighted by atomic mass is 16.4. The van der Waals surface area contributed by atoms with E-state index in [1.807, 2.05) is 13.8 Å². The van der Waals surface area contributed by atoms with Crippen molar-refractivity contribution in [2.45, 2.75) is 33.2 Å². The SMILES string of the molecule is CCCn1ccnc(N(CC)CCC(=O)O)c1=O. The molecule has 18 heavy (non-hydrogen) atoms. The van der Waals surface area contributed by atoms with Crippen LogP contribution in [0.5, 0.6) is 0 Å². The van der Waals surface area contributed by atoms with Crippen molar-refractivity contribution in [1.29, 1.82) is 0 Å². The summed E-state index contributed by atoms with van der Waals surface area (Å²) in [6.45, 7) is 5.37. The van der Waals surface area contributed by atoms with Crippen LogP contribution in [0.15, 0.2) is 17.2 Å². The van der Waals surface area contributed by atoms with Gasteiger partial charge in [-0.25, -0.2) is 4.98 Å². The topological polar surface area (TPSA) is 75.4 Å². The summed E-state index contributed by atoms with van der Waals surface area (Å²) in [5.41, 5.74) is -0.161. The predicted octanol–water partition coefficient (Wildman–Crippen LogP) is 0.954. The smallest absolute Gasteiger partial charge is 0.305 e. The van der Waals surface area contributed by atoms with Gasteiger partial charge in [-0.05, 0) is 13.3 Å². The Labute approximate surface area is 106 Å². The first kappa shape index (κ1) is 14.2. The summed E-state index contributed by atoms with van der Waals surface area (Å²) in [4.78, 5) is 28.5. The lowest BCUT2D eigenvalue weighted by atomic mass is 10.3. The van der Waals surface area contributed by atoms with Crippen LogP contribution in [-0.2, 0) is 11.3 Å². The van der Waals surface area contributed by atoms with Crippen molar-refractivity contribution >= 4 is 11.8 Å². The number of hydrogen-bond acceptors (Lipinski definition) is 4. The molecule has 100 valence electrons. The zero-order valence-corrected chi connectivity index (χ0v) is 10.8. The van der Waals surface area contributed by atoms with E-state index in [9.17, 15) is 9.59 Å². The fourth-order valence-corrected chi connectivity index (χ4v) is 1.71. The van der Waals surface area contributed by atoms with E-state index in [-0.39, 0.29) is 12.0 Å². The molecule has 1 N–H and O–H groups in total. The van der Waals surface area contributed by atoms with Gasteiger partial charge in [0.25, 0.3) is 5.56 Å². The normalized spacial score (nSPS) is 10.3. The van der Waals surface area contributed by atoms with E-state index in [2.05, 4.69) is 4.98 Å². The Morgan fingerprint density at radius 2 is 2.22 bits per heavy atom. The van der Waals surface area contributed by atoms with E-state index in [1.165, 1.54) is 0 Å². The van der Waals surface area contributed by atoms with Crippen molar-refractivity contribution < 1.29 is 9.90 Å². The molecule has 0 radical (unpaired) electrons.